The summed E-state index contributed by atoms with van der Waals surface area (Å²) in [7, 11) is 0. The van der Waals surface area contributed by atoms with Crippen LogP contribution in [0.1, 0.15) is 47.7 Å². The van der Waals surface area contributed by atoms with E-state index < -0.39 is 12.4 Å². The Morgan fingerprint density at radius 2 is 1.63 bits per heavy atom. The molecule has 0 fully saturated rings. The van der Waals surface area contributed by atoms with Gasteiger partial charge >= 0.3 is 6.36 Å². The second-order valence-electron chi connectivity index (χ2n) is 10.4. The number of hydrogen-bond donors (Lipinski definition) is 3. The summed E-state index contributed by atoms with van der Waals surface area (Å²) in [6.07, 6.45) is -2.10. The van der Waals surface area contributed by atoms with Gasteiger partial charge in [-0.3, -0.25) is 14.4 Å². The first-order chi connectivity index (χ1) is 21.5. The maximum absolute atomic E-state index is 13.2. The quantitative estimate of drug-likeness (QED) is 0.201. The van der Waals surface area contributed by atoms with Gasteiger partial charge in [-0.2, -0.15) is 0 Å². The highest BCUT2D eigenvalue weighted by molar-refractivity contribution is 7.99. The van der Waals surface area contributed by atoms with E-state index >= 15 is 0 Å². The van der Waals surface area contributed by atoms with Crippen molar-refractivity contribution in [2.75, 3.05) is 23.8 Å². The van der Waals surface area contributed by atoms with Crippen LogP contribution in [0.5, 0.6) is 11.5 Å². The monoisotopic (exact) mass is 680 g/mol. The molecule has 0 spiro atoms. The number of thioether (sulfide) groups is 1. The number of nitrogens with one attached hydrogen (secondary N) is 2. The summed E-state index contributed by atoms with van der Waals surface area (Å²) in [6.45, 7) is 3.04. The van der Waals surface area contributed by atoms with Crippen LogP contribution < -0.4 is 30.7 Å². The lowest BCUT2D eigenvalue weighted by Crippen LogP contribution is -2.44. The van der Waals surface area contributed by atoms with Crippen molar-refractivity contribution in [2.45, 2.75) is 56.6 Å². The van der Waals surface area contributed by atoms with Crippen LogP contribution in [0.25, 0.3) is 0 Å². The van der Waals surface area contributed by atoms with Crippen molar-refractivity contribution in [2.24, 2.45) is 5.73 Å². The van der Waals surface area contributed by atoms with Crippen molar-refractivity contribution in [1.29, 1.82) is 0 Å². The predicted molar refractivity (Wildman–Crippen MR) is 172 cm³/mol. The van der Waals surface area contributed by atoms with Crippen LogP contribution in [0.15, 0.2) is 71.6 Å². The molecule has 3 aromatic rings. The maximum Gasteiger partial charge on any atom is 0.573 e. The second kappa shape index (κ2) is 17.1. The van der Waals surface area contributed by atoms with Crippen molar-refractivity contribution in [3.05, 3.63) is 83.4 Å². The Kier molecular flexibility index (Phi) is 13.6. The van der Waals surface area contributed by atoms with Crippen LogP contribution in [-0.4, -0.2) is 49.0 Å². The van der Waals surface area contributed by atoms with E-state index in [2.05, 4.69) is 15.4 Å². The van der Waals surface area contributed by atoms with Gasteiger partial charge in [0, 0.05) is 36.2 Å². The van der Waals surface area contributed by atoms with E-state index in [4.69, 9.17) is 10.5 Å². The molecular weight excluding hydrogens is 645 g/mol. The topological polar surface area (TPSA) is 123 Å². The van der Waals surface area contributed by atoms with E-state index in [-0.39, 0.29) is 49.0 Å². The van der Waals surface area contributed by atoms with Gasteiger partial charge in [-0.25, -0.2) is 0 Å². The summed E-state index contributed by atoms with van der Waals surface area (Å²) < 4.78 is 47.4. The van der Waals surface area contributed by atoms with E-state index in [1.54, 1.807) is 18.2 Å². The number of carbonyl (C=O) groups excluding carboxylic acids is 3. The number of nitrogens with two attached hydrogens (primary N) is 1. The van der Waals surface area contributed by atoms with Gasteiger partial charge in [-0.05, 0) is 72.9 Å². The summed E-state index contributed by atoms with van der Waals surface area (Å²) in [6, 6.07) is 16.9. The number of unbranched alkanes of at least 4 members (excludes halogenated alkanes) is 2. The largest absolute Gasteiger partial charge is 0.573 e. The number of alkyl halides is 3. The molecule has 1 aliphatic heterocycles. The lowest BCUT2D eigenvalue weighted by atomic mass is 10.1. The molecule has 9 nitrogen and oxygen atoms in total. The van der Waals surface area contributed by atoms with Gasteiger partial charge in [-0.15, -0.1) is 37.3 Å². The highest BCUT2D eigenvalue weighted by atomic mass is 35.5. The minimum atomic E-state index is -4.81. The second-order valence-corrected chi connectivity index (χ2v) is 11.5. The Bertz CT molecular complexity index is 1480. The molecule has 4 rings (SSSR count). The van der Waals surface area contributed by atoms with Crippen molar-refractivity contribution in [1.82, 2.24) is 10.6 Å². The lowest BCUT2D eigenvalue weighted by molar-refractivity contribution is -0.274. The average Bonchev–Trinajstić information content (AvgIpc) is 3.11. The molecule has 3 aromatic carbocycles. The molecule has 3 amide bonds. The molecule has 4 N–H and O–H groups in total. The number of halogens is 4. The van der Waals surface area contributed by atoms with Crippen LogP contribution in [-0.2, 0) is 22.7 Å². The molecule has 0 radical (unpaired) electrons. The Morgan fingerprint density at radius 1 is 0.957 bits per heavy atom. The molecule has 1 heterocycles. The van der Waals surface area contributed by atoms with Crippen LogP contribution >= 0.6 is 24.2 Å². The van der Waals surface area contributed by atoms with Crippen LogP contribution in [0.3, 0.4) is 0 Å². The van der Waals surface area contributed by atoms with E-state index in [1.165, 1.54) is 47.9 Å². The van der Waals surface area contributed by atoms with Gasteiger partial charge in [-0.1, -0.05) is 24.3 Å². The Balaban J connectivity index is 0.00000576. The van der Waals surface area contributed by atoms with Crippen molar-refractivity contribution >= 4 is 47.6 Å². The number of fused-ring (bicyclic) bond motifs is 1. The van der Waals surface area contributed by atoms with Crippen molar-refractivity contribution in [3.63, 3.8) is 0 Å². The third-order valence-corrected chi connectivity index (χ3v) is 8.03. The molecule has 0 bridgehead atoms. The number of hydrogen-bond acceptors (Lipinski definition) is 7. The highest BCUT2D eigenvalue weighted by Gasteiger charge is 2.32. The maximum atomic E-state index is 13.2. The first-order valence-electron chi connectivity index (χ1n) is 14.4. The van der Waals surface area contributed by atoms with Crippen LogP contribution in [0.4, 0.5) is 18.9 Å². The highest BCUT2D eigenvalue weighted by Crippen LogP contribution is 2.36. The number of nitrogens with zero attached hydrogens (tertiary/aromatic N) is 1. The fourth-order valence-corrected chi connectivity index (χ4v) is 5.53. The molecule has 1 atom stereocenters. The summed E-state index contributed by atoms with van der Waals surface area (Å²) in [5, 5.41) is 5.66. The molecular formula is C32H36ClF3N4O5S. The third kappa shape index (κ3) is 11.1. The van der Waals surface area contributed by atoms with Gasteiger partial charge in [0.25, 0.3) is 5.91 Å². The first kappa shape index (κ1) is 36.5. The zero-order valence-electron chi connectivity index (χ0n) is 25.1. The Labute approximate surface area is 275 Å². The van der Waals surface area contributed by atoms with E-state index in [9.17, 15) is 27.6 Å². The number of benzene rings is 3. The zero-order chi connectivity index (χ0) is 32.4. The molecule has 0 unspecified atom stereocenters. The minimum Gasteiger partial charge on any atom is -0.494 e. The SMILES string of the molecule is CC(=O)NCCCCCOc1ccc(CNC(=O)c2ccc3c(c2)N(Cc2ccc(OC(F)(F)F)cc2)C(=O)[C@@H](N)CS3)cc1.Cl. The normalized spacial score (nSPS) is 14.4. The molecule has 0 saturated heterocycles. The smallest absolute Gasteiger partial charge is 0.494 e. The number of anilines is 1. The summed E-state index contributed by atoms with van der Waals surface area (Å²) in [4.78, 5) is 39.4. The minimum absolute atomic E-state index is 0. The number of rotatable bonds is 13. The predicted octanol–water partition coefficient (Wildman–Crippen LogP) is 5.59. The van der Waals surface area contributed by atoms with Crippen LogP contribution in [0, 0.1) is 0 Å². The molecule has 1 aliphatic rings. The molecule has 248 valence electrons. The van der Waals surface area contributed by atoms with Gasteiger partial charge in [0.05, 0.1) is 24.9 Å². The van der Waals surface area contributed by atoms with Gasteiger partial charge in [0.15, 0.2) is 0 Å². The molecule has 14 heteroatoms. The summed E-state index contributed by atoms with van der Waals surface area (Å²) >= 11 is 1.40. The summed E-state index contributed by atoms with van der Waals surface area (Å²) in [5.41, 5.74) is 8.39. The Morgan fingerprint density at radius 3 is 2.30 bits per heavy atom. The molecule has 0 aromatic heterocycles. The van der Waals surface area contributed by atoms with E-state index in [0.29, 0.717) is 35.7 Å². The van der Waals surface area contributed by atoms with E-state index in [1.807, 2.05) is 24.3 Å². The molecule has 0 saturated carbocycles. The first-order valence-corrected chi connectivity index (χ1v) is 15.4. The van der Waals surface area contributed by atoms with Gasteiger partial charge < -0.3 is 30.7 Å². The lowest BCUT2D eigenvalue weighted by Gasteiger charge is -2.25. The molecule has 0 aliphatic carbocycles. The van der Waals surface area contributed by atoms with Gasteiger partial charge in [0.1, 0.15) is 11.5 Å². The average molecular weight is 681 g/mol. The number of ether oxygens (including phenoxy) is 2. The fourth-order valence-electron chi connectivity index (χ4n) is 4.55. The number of amides is 3. The van der Waals surface area contributed by atoms with Crippen LogP contribution in [0.2, 0.25) is 0 Å². The van der Waals surface area contributed by atoms with Crippen molar-refractivity contribution in [3.8, 4) is 11.5 Å². The standard InChI is InChI=1S/C32H35F3N4O5S.ClH/c1-21(40)37-15-3-2-4-16-43-25-10-5-22(6-11-25)18-38-30(41)24-9-14-29-28(17-24)39(31(42)27(36)20-45-29)19-23-7-12-26(13-8-23)44-32(33,34)35;/h5-14,17,27H,2-4,15-16,18-20,36H2,1H3,(H,37,40)(H,38,41);1H/t27-;/m0./s1. The Hall–Kier alpha value is -3.94. The zero-order valence-corrected chi connectivity index (χ0v) is 26.7. The fraction of sp³-hybridized carbons (Fsp3) is 0.344. The third-order valence-electron chi connectivity index (χ3n) is 6.85. The summed E-state index contributed by atoms with van der Waals surface area (Å²) in [5.74, 6) is -0.0325. The van der Waals surface area contributed by atoms with E-state index in [0.717, 1.165) is 35.5 Å². The number of carbonyl (C=O) groups is 3. The van der Waals surface area contributed by atoms with Crippen molar-refractivity contribution < 1.29 is 37.0 Å². The molecule has 46 heavy (non-hydrogen) atoms. The van der Waals surface area contributed by atoms with Gasteiger partial charge in [0.2, 0.25) is 11.8 Å².